The smallest absolute Gasteiger partial charge is 0.133 e. The fourth-order valence-corrected chi connectivity index (χ4v) is 2.04. The first-order valence-corrected chi connectivity index (χ1v) is 5.98. The third-order valence-corrected chi connectivity index (χ3v) is 3.10. The van der Waals surface area contributed by atoms with Crippen LogP contribution in [0.4, 0.5) is 11.5 Å². The van der Waals surface area contributed by atoms with E-state index >= 15 is 0 Å². The first-order chi connectivity index (χ1) is 8.84. The number of rotatable bonds is 2. The second-order valence-electron chi connectivity index (χ2n) is 4.28. The molecular weight excluding hydrogens is 220 g/mol. The van der Waals surface area contributed by atoms with Gasteiger partial charge in [0.2, 0.25) is 0 Å². The van der Waals surface area contributed by atoms with Gasteiger partial charge in [-0.15, -0.1) is 0 Å². The van der Waals surface area contributed by atoms with Crippen LogP contribution in [0, 0.1) is 0 Å². The molecule has 0 saturated carbocycles. The quantitative estimate of drug-likeness (QED) is 0.666. The number of hydrogen-bond acceptors (Lipinski definition) is 2. The molecule has 0 aliphatic heterocycles. The van der Waals surface area contributed by atoms with E-state index in [2.05, 4.69) is 46.3 Å². The van der Waals surface area contributed by atoms with Gasteiger partial charge >= 0.3 is 0 Å². The van der Waals surface area contributed by atoms with Crippen LogP contribution in [0.5, 0.6) is 0 Å². The Kier molecular flexibility index (Phi) is 2.69. The zero-order chi connectivity index (χ0) is 12.4. The van der Waals surface area contributed by atoms with Crippen molar-refractivity contribution in [3.8, 4) is 0 Å². The first kappa shape index (κ1) is 10.8. The van der Waals surface area contributed by atoms with Gasteiger partial charge in [-0.3, -0.25) is 0 Å². The molecule has 1 heterocycles. The van der Waals surface area contributed by atoms with Crippen LogP contribution in [-0.2, 0) is 0 Å². The second-order valence-corrected chi connectivity index (χ2v) is 4.28. The van der Waals surface area contributed by atoms with Gasteiger partial charge in [0.1, 0.15) is 5.82 Å². The molecule has 3 rings (SSSR count). The molecule has 0 unspecified atom stereocenters. The van der Waals surface area contributed by atoms with Gasteiger partial charge in [0, 0.05) is 24.3 Å². The SMILES string of the molecule is CN(c1ccccc1)c1cc2ccccc2cn1. The van der Waals surface area contributed by atoms with Crippen molar-refractivity contribution in [2.45, 2.75) is 0 Å². The van der Waals surface area contributed by atoms with E-state index in [-0.39, 0.29) is 0 Å². The number of aromatic nitrogens is 1. The zero-order valence-corrected chi connectivity index (χ0v) is 10.2. The van der Waals surface area contributed by atoms with Gasteiger partial charge in [-0.2, -0.15) is 0 Å². The van der Waals surface area contributed by atoms with Gasteiger partial charge in [-0.05, 0) is 23.6 Å². The van der Waals surface area contributed by atoms with Crippen molar-refractivity contribution in [3.05, 3.63) is 66.9 Å². The molecule has 2 nitrogen and oxygen atoms in total. The highest BCUT2D eigenvalue weighted by atomic mass is 15.2. The van der Waals surface area contributed by atoms with E-state index in [9.17, 15) is 0 Å². The minimum Gasteiger partial charge on any atom is -0.329 e. The molecule has 0 aliphatic rings. The summed E-state index contributed by atoms with van der Waals surface area (Å²) in [7, 11) is 2.03. The number of benzene rings is 2. The van der Waals surface area contributed by atoms with E-state index in [0.29, 0.717) is 0 Å². The summed E-state index contributed by atoms with van der Waals surface area (Å²) in [6.45, 7) is 0. The lowest BCUT2D eigenvalue weighted by molar-refractivity contribution is 1.14. The summed E-state index contributed by atoms with van der Waals surface area (Å²) in [4.78, 5) is 6.60. The monoisotopic (exact) mass is 234 g/mol. The van der Waals surface area contributed by atoms with Crippen molar-refractivity contribution in [1.82, 2.24) is 4.98 Å². The molecule has 0 radical (unpaired) electrons. The summed E-state index contributed by atoms with van der Waals surface area (Å²) in [5.41, 5.74) is 1.14. The van der Waals surface area contributed by atoms with Crippen molar-refractivity contribution < 1.29 is 0 Å². The standard InChI is InChI=1S/C16H14N2/c1-18(15-9-3-2-4-10-15)16-11-13-7-5-6-8-14(13)12-17-16/h2-12H,1H3. The fourth-order valence-electron chi connectivity index (χ4n) is 2.04. The molecule has 1 aromatic heterocycles. The predicted molar refractivity (Wildman–Crippen MR) is 76.2 cm³/mol. The number of nitrogens with zero attached hydrogens (tertiary/aromatic N) is 2. The van der Waals surface area contributed by atoms with Gasteiger partial charge in [-0.25, -0.2) is 4.98 Å². The summed E-state index contributed by atoms with van der Waals surface area (Å²) in [5.74, 6) is 0.958. The Morgan fingerprint density at radius 2 is 1.50 bits per heavy atom. The molecule has 0 saturated heterocycles. The van der Waals surface area contributed by atoms with Crippen LogP contribution in [0.15, 0.2) is 66.9 Å². The maximum atomic E-state index is 4.51. The molecule has 0 aliphatic carbocycles. The Balaban J connectivity index is 2.04. The van der Waals surface area contributed by atoms with Crippen LogP contribution >= 0.6 is 0 Å². The van der Waals surface area contributed by atoms with E-state index in [1.54, 1.807) is 0 Å². The predicted octanol–water partition coefficient (Wildman–Crippen LogP) is 4.00. The average molecular weight is 234 g/mol. The van der Waals surface area contributed by atoms with Crippen molar-refractivity contribution in [2.24, 2.45) is 0 Å². The fraction of sp³-hybridized carbons (Fsp3) is 0.0625. The third kappa shape index (κ3) is 1.93. The van der Waals surface area contributed by atoms with Crippen LogP contribution < -0.4 is 4.90 Å². The van der Waals surface area contributed by atoms with Gasteiger partial charge in [-0.1, -0.05) is 42.5 Å². The molecule has 18 heavy (non-hydrogen) atoms. The van der Waals surface area contributed by atoms with E-state index in [1.807, 2.05) is 37.5 Å². The summed E-state index contributed by atoms with van der Waals surface area (Å²) in [6, 6.07) is 20.6. The third-order valence-electron chi connectivity index (χ3n) is 3.10. The number of para-hydroxylation sites is 1. The van der Waals surface area contributed by atoms with Crippen LogP contribution in [0.1, 0.15) is 0 Å². The minimum atomic E-state index is 0.958. The summed E-state index contributed by atoms with van der Waals surface area (Å²) in [5, 5.41) is 2.38. The molecule has 0 spiro atoms. The lowest BCUT2D eigenvalue weighted by Crippen LogP contribution is -2.10. The van der Waals surface area contributed by atoms with Crippen molar-refractivity contribution in [3.63, 3.8) is 0 Å². The van der Waals surface area contributed by atoms with Gasteiger partial charge in [0.25, 0.3) is 0 Å². The Hall–Kier alpha value is -2.35. The summed E-state index contributed by atoms with van der Waals surface area (Å²) >= 11 is 0. The highest BCUT2D eigenvalue weighted by Crippen LogP contribution is 2.24. The lowest BCUT2D eigenvalue weighted by Gasteiger charge is -2.18. The lowest BCUT2D eigenvalue weighted by atomic mass is 10.2. The molecule has 3 aromatic rings. The van der Waals surface area contributed by atoms with Crippen molar-refractivity contribution in [1.29, 1.82) is 0 Å². The van der Waals surface area contributed by atoms with Crippen LogP contribution in [0.3, 0.4) is 0 Å². The maximum absolute atomic E-state index is 4.51. The Morgan fingerprint density at radius 1 is 0.833 bits per heavy atom. The van der Waals surface area contributed by atoms with Gasteiger partial charge in [0.05, 0.1) is 0 Å². The maximum Gasteiger partial charge on any atom is 0.133 e. The molecule has 0 amide bonds. The number of pyridine rings is 1. The zero-order valence-electron chi connectivity index (χ0n) is 10.2. The number of fused-ring (bicyclic) bond motifs is 1. The van der Waals surface area contributed by atoms with Gasteiger partial charge in [0.15, 0.2) is 0 Å². The van der Waals surface area contributed by atoms with E-state index in [0.717, 1.165) is 11.5 Å². The van der Waals surface area contributed by atoms with Crippen LogP contribution in [0.2, 0.25) is 0 Å². The molecular formula is C16H14N2. The molecule has 2 aromatic carbocycles. The van der Waals surface area contributed by atoms with E-state index in [4.69, 9.17) is 0 Å². The molecule has 0 atom stereocenters. The Labute approximate surface area is 107 Å². The van der Waals surface area contributed by atoms with Crippen LogP contribution in [0.25, 0.3) is 10.8 Å². The largest absolute Gasteiger partial charge is 0.329 e. The first-order valence-electron chi connectivity index (χ1n) is 5.98. The number of hydrogen-bond donors (Lipinski definition) is 0. The normalized spacial score (nSPS) is 10.5. The average Bonchev–Trinajstić information content (AvgIpc) is 2.47. The number of anilines is 2. The summed E-state index contributed by atoms with van der Waals surface area (Å²) in [6.07, 6.45) is 1.92. The molecule has 0 bridgehead atoms. The topological polar surface area (TPSA) is 16.1 Å². The highest BCUT2D eigenvalue weighted by Gasteiger charge is 2.05. The Bertz CT molecular complexity index is 662. The van der Waals surface area contributed by atoms with Crippen LogP contribution in [-0.4, -0.2) is 12.0 Å². The highest BCUT2D eigenvalue weighted by molar-refractivity contribution is 5.84. The van der Waals surface area contributed by atoms with Crippen molar-refractivity contribution in [2.75, 3.05) is 11.9 Å². The second kappa shape index (κ2) is 4.49. The molecule has 0 fully saturated rings. The molecule has 2 heteroatoms. The Morgan fingerprint density at radius 3 is 2.28 bits per heavy atom. The van der Waals surface area contributed by atoms with Crippen molar-refractivity contribution >= 4 is 22.3 Å². The molecule has 0 N–H and O–H groups in total. The van der Waals surface area contributed by atoms with E-state index < -0.39 is 0 Å². The molecule has 88 valence electrons. The van der Waals surface area contributed by atoms with E-state index in [1.165, 1.54) is 10.8 Å². The summed E-state index contributed by atoms with van der Waals surface area (Å²) < 4.78 is 0. The van der Waals surface area contributed by atoms with Gasteiger partial charge < -0.3 is 4.90 Å². The minimum absolute atomic E-state index is 0.958.